The predicted molar refractivity (Wildman–Crippen MR) is 142 cm³/mol. The van der Waals surface area contributed by atoms with Gasteiger partial charge in [-0.15, -0.1) is 0 Å². The Balaban J connectivity index is 2.11. The van der Waals surface area contributed by atoms with Crippen molar-refractivity contribution in [3.63, 3.8) is 0 Å². The van der Waals surface area contributed by atoms with Crippen LogP contribution in [0.15, 0.2) is 0 Å². The summed E-state index contributed by atoms with van der Waals surface area (Å²) in [4.78, 5) is 23.7. The summed E-state index contributed by atoms with van der Waals surface area (Å²) in [6.07, 6.45) is 30.6. The second-order valence-corrected chi connectivity index (χ2v) is 10.4. The number of rotatable bonds is 0. The summed E-state index contributed by atoms with van der Waals surface area (Å²) in [7, 11) is 0. The van der Waals surface area contributed by atoms with Gasteiger partial charge in [0.1, 0.15) is 0 Å². The van der Waals surface area contributed by atoms with Gasteiger partial charge in [0.15, 0.2) is 0 Å². The first-order chi connectivity index (χ1) is 16.8. The average Bonchev–Trinajstić information content (AvgIpc) is 2.83. The summed E-state index contributed by atoms with van der Waals surface area (Å²) in [6.45, 7) is 1.22. The molecule has 4 heteroatoms. The average molecular weight is 481 g/mol. The normalized spacial score (nSPS) is 22.9. The molecule has 0 aromatic rings. The van der Waals surface area contributed by atoms with E-state index in [0.717, 1.165) is 38.5 Å². The number of carbonyl (C=O) groups is 2. The van der Waals surface area contributed by atoms with Crippen molar-refractivity contribution in [2.24, 2.45) is 0 Å². The number of hydrogen-bond acceptors (Lipinski definition) is 4. The SMILES string of the molecule is O=C1CCCCCCCCCCCCCCOC(=O)CCCCCCCCCCCCCCO1. The van der Waals surface area contributed by atoms with Gasteiger partial charge < -0.3 is 9.47 Å². The molecular formula is C30H56O4. The summed E-state index contributed by atoms with van der Waals surface area (Å²) < 4.78 is 10.8. The van der Waals surface area contributed by atoms with Crippen LogP contribution < -0.4 is 0 Å². The molecule has 0 unspecified atom stereocenters. The molecule has 0 amide bonds. The summed E-state index contributed by atoms with van der Waals surface area (Å²) in [6, 6.07) is 0. The number of ether oxygens (including phenoxy) is 2. The Morgan fingerprint density at radius 1 is 0.294 bits per heavy atom. The predicted octanol–water partition coefficient (Wildman–Crippen LogP) is 9.23. The maximum Gasteiger partial charge on any atom is 0.305 e. The monoisotopic (exact) mass is 480 g/mol. The Kier molecular flexibility index (Phi) is 22.8. The lowest BCUT2D eigenvalue weighted by atomic mass is 10.0. The topological polar surface area (TPSA) is 52.6 Å². The zero-order valence-corrected chi connectivity index (χ0v) is 22.4. The fourth-order valence-corrected chi connectivity index (χ4v) is 4.79. The molecule has 4 nitrogen and oxygen atoms in total. The van der Waals surface area contributed by atoms with E-state index in [1.54, 1.807) is 0 Å². The van der Waals surface area contributed by atoms with Crippen molar-refractivity contribution in [2.75, 3.05) is 13.2 Å². The zero-order chi connectivity index (χ0) is 24.4. The van der Waals surface area contributed by atoms with E-state index in [-0.39, 0.29) is 11.9 Å². The van der Waals surface area contributed by atoms with Crippen LogP contribution >= 0.6 is 0 Å². The number of carbonyl (C=O) groups excluding carboxylic acids is 2. The van der Waals surface area contributed by atoms with Gasteiger partial charge in [0.2, 0.25) is 0 Å². The second kappa shape index (κ2) is 25.0. The summed E-state index contributed by atoms with van der Waals surface area (Å²) in [5.74, 6) is 0.00768. The molecular weight excluding hydrogens is 424 g/mol. The molecule has 0 N–H and O–H groups in total. The first-order valence-electron chi connectivity index (χ1n) is 15.1. The van der Waals surface area contributed by atoms with Gasteiger partial charge in [0.05, 0.1) is 13.2 Å². The van der Waals surface area contributed by atoms with Crippen molar-refractivity contribution in [1.29, 1.82) is 0 Å². The first-order valence-corrected chi connectivity index (χ1v) is 15.1. The molecule has 1 aliphatic heterocycles. The largest absolute Gasteiger partial charge is 0.466 e. The third-order valence-corrected chi connectivity index (χ3v) is 7.08. The zero-order valence-electron chi connectivity index (χ0n) is 22.4. The van der Waals surface area contributed by atoms with Crippen LogP contribution in [0.2, 0.25) is 0 Å². The fraction of sp³-hybridized carbons (Fsp3) is 0.933. The highest BCUT2D eigenvalue weighted by molar-refractivity contribution is 5.69. The summed E-state index contributed by atoms with van der Waals surface area (Å²) in [5.41, 5.74) is 0. The molecule has 1 fully saturated rings. The van der Waals surface area contributed by atoms with E-state index in [0.29, 0.717) is 26.1 Å². The van der Waals surface area contributed by atoms with Crippen molar-refractivity contribution >= 4 is 11.9 Å². The van der Waals surface area contributed by atoms with Gasteiger partial charge in [-0.1, -0.05) is 128 Å². The van der Waals surface area contributed by atoms with E-state index in [4.69, 9.17) is 9.47 Å². The van der Waals surface area contributed by atoms with Crippen molar-refractivity contribution in [2.45, 2.75) is 167 Å². The highest BCUT2D eigenvalue weighted by Gasteiger charge is 2.04. The van der Waals surface area contributed by atoms with Gasteiger partial charge in [-0.3, -0.25) is 9.59 Å². The van der Waals surface area contributed by atoms with E-state index in [1.807, 2.05) is 0 Å². The molecule has 0 aromatic carbocycles. The second-order valence-electron chi connectivity index (χ2n) is 10.4. The first kappa shape index (κ1) is 31.0. The maximum atomic E-state index is 11.8. The number of hydrogen-bond donors (Lipinski definition) is 0. The third-order valence-electron chi connectivity index (χ3n) is 7.08. The Hall–Kier alpha value is -1.06. The lowest BCUT2D eigenvalue weighted by Gasteiger charge is -2.06. The van der Waals surface area contributed by atoms with E-state index < -0.39 is 0 Å². The van der Waals surface area contributed by atoms with Crippen molar-refractivity contribution < 1.29 is 19.1 Å². The van der Waals surface area contributed by atoms with E-state index in [9.17, 15) is 9.59 Å². The van der Waals surface area contributed by atoms with Crippen LogP contribution in [0.3, 0.4) is 0 Å². The van der Waals surface area contributed by atoms with E-state index >= 15 is 0 Å². The molecule has 0 spiro atoms. The maximum absolute atomic E-state index is 11.8. The lowest BCUT2D eigenvalue weighted by Crippen LogP contribution is -2.05. The van der Waals surface area contributed by atoms with Crippen LogP contribution in [0.25, 0.3) is 0 Å². The molecule has 1 rings (SSSR count). The van der Waals surface area contributed by atoms with Gasteiger partial charge in [0, 0.05) is 12.8 Å². The van der Waals surface area contributed by atoms with Crippen LogP contribution in [0, 0.1) is 0 Å². The third kappa shape index (κ3) is 22.7. The highest BCUT2D eigenvalue weighted by Crippen LogP contribution is 2.15. The van der Waals surface area contributed by atoms with Gasteiger partial charge in [0.25, 0.3) is 0 Å². The summed E-state index contributed by atoms with van der Waals surface area (Å²) >= 11 is 0. The molecule has 0 aromatic heterocycles. The molecule has 1 saturated heterocycles. The molecule has 0 aliphatic carbocycles. The Bertz CT molecular complexity index is 385. The van der Waals surface area contributed by atoms with Gasteiger partial charge in [-0.25, -0.2) is 0 Å². The quantitative estimate of drug-likeness (QED) is 0.324. The number of cyclic esters (lactones) is 2. The molecule has 1 aliphatic rings. The van der Waals surface area contributed by atoms with Crippen LogP contribution in [0.5, 0.6) is 0 Å². The molecule has 34 heavy (non-hydrogen) atoms. The Morgan fingerprint density at radius 2 is 0.500 bits per heavy atom. The smallest absolute Gasteiger partial charge is 0.305 e. The van der Waals surface area contributed by atoms with E-state index in [1.165, 1.54) is 116 Å². The molecule has 200 valence electrons. The molecule has 0 radical (unpaired) electrons. The van der Waals surface area contributed by atoms with Gasteiger partial charge >= 0.3 is 11.9 Å². The standard InChI is InChI=1S/C30H56O4/c31-29-25-21-17-13-9-5-1-3-7-11-15-19-23-27-33-30(32)26-22-18-14-10-6-2-4-8-12-16-20-24-28-34-29/h1-28H2. The van der Waals surface area contributed by atoms with Crippen LogP contribution in [0.4, 0.5) is 0 Å². The van der Waals surface area contributed by atoms with Crippen molar-refractivity contribution in [1.82, 2.24) is 0 Å². The highest BCUT2D eigenvalue weighted by atomic mass is 16.5. The van der Waals surface area contributed by atoms with Gasteiger partial charge in [-0.2, -0.15) is 0 Å². The lowest BCUT2D eigenvalue weighted by molar-refractivity contribution is -0.144. The van der Waals surface area contributed by atoms with Crippen LogP contribution in [-0.4, -0.2) is 25.2 Å². The van der Waals surface area contributed by atoms with Gasteiger partial charge in [-0.05, 0) is 25.7 Å². The fourth-order valence-electron chi connectivity index (χ4n) is 4.79. The minimum absolute atomic E-state index is 0.00384. The number of esters is 2. The Labute approximate surface area is 211 Å². The molecule has 0 bridgehead atoms. The molecule has 0 atom stereocenters. The van der Waals surface area contributed by atoms with Crippen molar-refractivity contribution in [3.05, 3.63) is 0 Å². The Morgan fingerprint density at radius 3 is 0.765 bits per heavy atom. The molecule has 0 saturated carbocycles. The minimum atomic E-state index is 0.00384. The summed E-state index contributed by atoms with van der Waals surface area (Å²) in [5, 5.41) is 0. The van der Waals surface area contributed by atoms with Crippen molar-refractivity contribution in [3.8, 4) is 0 Å². The minimum Gasteiger partial charge on any atom is -0.466 e. The van der Waals surface area contributed by atoms with E-state index in [2.05, 4.69) is 0 Å². The van der Waals surface area contributed by atoms with Crippen LogP contribution in [0.1, 0.15) is 167 Å². The molecule has 1 heterocycles. The van der Waals surface area contributed by atoms with Crippen LogP contribution in [-0.2, 0) is 19.1 Å².